The minimum atomic E-state index is -3.63. The minimum Gasteiger partial charge on any atom is -0.495 e. The van der Waals surface area contributed by atoms with E-state index in [-0.39, 0.29) is 16.5 Å². The number of ether oxygens (including phenoxy) is 2. The number of para-hydroxylation sites is 1. The molecule has 1 N–H and O–H groups in total. The van der Waals surface area contributed by atoms with Gasteiger partial charge < -0.3 is 14.8 Å². The zero-order chi connectivity index (χ0) is 18.9. The molecule has 0 unspecified atom stereocenters. The maximum Gasteiger partial charge on any atom is 0.265 e. The van der Waals surface area contributed by atoms with E-state index in [0.29, 0.717) is 17.9 Å². The molecule has 0 fully saturated rings. The van der Waals surface area contributed by atoms with Crippen molar-refractivity contribution < 1.29 is 22.7 Å². The number of hydrogen-bond acceptors (Lipinski definition) is 5. The average molecular weight is 376 g/mol. The largest absolute Gasteiger partial charge is 0.495 e. The molecule has 0 saturated carbocycles. The van der Waals surface area contributed by atoms with Crippen molar-refractivity contribution in [3.05, 3.63) is 48.0 Å². The first kappa shape index (κ1) is 18.2. The van der Waals surface area contributed by atoms with Crippen molar-refractivity contribution in [2.45, 2.75) is 17.4 Å². The summed E-state index contributed by atoms with van der Waals surface area (Å²) in [5.74, 6) is 0.689. The Bertz CT molecular complexity index is 915. The number of anilines is 1. The highest BCUT2D eigenvalue weighted by Crippen LogP contribution is 2.31. The standard InChI is InChI=1S/C18H20N2O5S/c1-20(2)26(22,23)13-8-9-16(24-3)14(11-13)19-18(21)17-10-12-6-4-5-7-15(12)25-17/h4-9,11,17H,10H2,1-3H3,(H,19,21)/t17-/m0/s1. The summed E-state index contributed by atoms with van der Waals surface area (Å²) in [7, 11) is 0.715. The molecule has 2 aromatic carbocycles. The third-order valence-electron chi connectivity index (χ3n) is 4.15. The Labute approximate surface area is 152 Å². The van der Waals surface area contributed by atoms with Crippen molar-refractivity contribution in [3.63, 3.8) is 0 Å². The highest BCUT2D eigenvalue weighted by molar-refractivity contribution is 7.89. The third-order valence-corrected chi connectivity index (χ3v) is 5.96. The number of carbonyl (C=O) groups is 1. The van der Waals surface area contributed by atoms with Crippen LogP contribution in [0, 0.1) is 0 Å². The molecule has 138 valence electrons. The zero-order valence-electron chi connectivity index (χ0n) is 14.7. The number of sulfonamides is 1. The van der Waals surface area contributed by atoms with Crippen LogP contribution in [0.2, 0.25) is 0 Å². The number of hydrogen-bond donors (Lipinski definition) is 1. The molecule has 1 atom stereocenters. The second kappa shape index (κ2) is 6.97. The van der Waals surface area contributed by atoms with Gasteiger partial charge in [0.05, 0.1) is 17.7 Å². The van der Waals surface area contributed by atoms with Gasteiger partial charge in [0.15, 0.2) is 6.10 Å². The van der Waals surface area contributed by atoms with Crippen LogP contribution in [0.5, 0.6) is 11.5 Å². The summed E-state index contributed by atoms with van der Waals surface area (Å²) < 4.78 is 36.7. The summed E-state index contributed by atoms with van der Waals surface area (Å²) >= 11 is 0. The Kier molecular flexibility index (Phi) is 4.88. The van der Waals surface area contributed by atoms with Gasteiger partial charge in [0.2, 0.25) is 10.0 Å². The van der Waals surface area contributed by atoms with Gasteiger partial charge in [0, 0.05) is 20.5 Å². The Morgan fingerprint density at radius 1 is 1.23 bits per heavy atom. The van der Waals surface area contributed by atoms with Crippen LogP contribution >= 0.6 is 0 Å². The van der Waals surface area contributed by atoms with Gasteiger partial charge in [-0.15, -0.1) is 0 Å². The predicted molar refractivity (Wildman–Crippen MR) is 97.1 cm³/mol. The van der Waals surface area contributed by atoms with Crippen molar-refractivity contribution in [1.82, 2.24) is 4.31 Å². The molecule has 1 heterocycles. The van der Waals surface area contributed by atoms with Crippen LogP contribution in [-0.2, 0) is 21.2 Å². The molecule has 0 spiro atoms. The van der Waals surface area contributed by atoms with Crippen molar-refractivity contribution >= 4 is 21.6 Å². The number of nitrogens with one attached hydrogen (secondary N) is 1. The topological polar surface area (TPSA) is 84.9 Å². The fourth-order valence-corrected chi connectivity index (χ4v) is 3.63. The number of methoxy groups -OCH3 is 1. The number of rotatable bonds is 5. The molecule has 8 heteroatoms. The molecule has 0 saturated heterocycles. The van der Waals surface area contributed by atoms with E-state index in [1.54, 1.807) is 0 Å². The van der Waals surface area contributed by atoms with Crippen LogP contribution in [0.1, 0.15) is 5.56 Å². The lowest BCUT2D eigenvalue weighted by atomic mass is 10.1. The SMILES string of the molecule is COc1ccc(S(=O)(=O)N(C)C)cc1NC(=O)[C@@H]1Cc2ccccc2O1. The van der Waals surface area contributed by atoms with Crippen LogP contribution in [0.25, 0.3) is 0 Å². The number of nitrogens with zero attached hydrogens (tertiary/aromatic N) is 1. The Balaban J connectivity index is 1.84. The lowest BCUT2D eigenvalue weighted by molar-refractivity contribution is -0.122. The number of fused-ring (bicyclic) bond motifs is 1. The Morgan fingerprint density at radius 3 is 2.62 bits per heavy atom. The molecule has 1 aliphatic rings. The van der Waals surface area contributed by atoms with Crippen LogP contribution in [0.3, 0.4) is 0 Å². The molecule has 1 aliphatic heterocycles. The van der Waals surface area contributed by atoms with E-state index in [2.05, 4.69) is 5.32 Å². The highest BCUT2D eigenvalue weighted by Gasteiger charge is 2.29. The maximum absolute atomic E-state index is 12.6. The Morgan fingerprint density at radius 2 is 1.96 bits per heavy atom. The van der Waals surface area contributed by atoms with E-state index >= 15 is 0 Å². The van der Waals surface area contributed by atoms with E-state index < -0.39 is 16.1 Å². The lowest BCUT2D eigenvalue weighted by Gasteiger charge is -2.16. The molecular weight excluding hydrogens is 356 g/mol. The summed E-state index contributed by atoms with van der Waals surface area (Å²) in [6, 6.07) is 11.8. The van der Waals surface area contributed by atoms with E-state index in [1.807, 2.05) is 24.3 Å². The van der Waals surface area contributed by atoms with Gasteiger partial charge in [-0.3, -0.25) is 4.79 Å². The van der Waals surface area contributed by atoms with E-state index in [4.69, 9.17) is 9.47 Å². The summed E-state index contributed by atoms with van der Waals surface area (Å²) in [4.78, 5) is 12.7. The zero-order valence-corrected chi connectivity index (χ0v) is 15.5. The second-order valence-corrected chi connectivity index (χ2v) is 8.21. The fraction of sp³-hybridized carbons (Fsp3) is 0.278. The van der Waals surface area contributed by atoms with Gasteiger partial charge in [-0.2, -0.15) is 0 Å². The Hall–Kier alpha value is -2.58. The lowest BCUT2D eigenvalue weighted by Crippen LogP contribution is -2.31. The average Bonchev–Trinajstić information content (AvgIpc) is 3.05. The summed E-state index contributed by atoms with van der Waals surface area (Å²) in [5, 5.41) is 2.72. The number of carbonyl (C=O) groups excluding carboxylic acids is 1. The van der Waals surface area contributed by atoms with Gasteiger partial charge in [0.1, 0.15) is 11.5 Å². The van der Waals surface area contributed by atoms with Gasteiger partial charge in [0.25, 0.3) is 5.91 Å². The molecule has 0 aliphatic carbocycles. The first-order valence-corrected chi connectivity index (χ1v) is 9.43. The normalized spacial score (nSPS) is 16.1. The molecule has 0 aromatic heterocycles. The van der Waals surface area contributed by atoms with Gasteiger partial charge in [-0.25, -0.2) is 12.7 Å². The molecule has 0 bridgehead atoms. The number of benzene rings is 2. The number of amides is 1. The van der Waals surface area contributed by atoms with E-state index in [0.717, 1.165) is 9.87 Å². The molecule has 3 rings (SSSR count). The van der Waals surface area contributed by atoms with Crippen molar-refractivity contribution in [2.24, 2.45) is 0 Å². The third kappa shape index (κ3) is 3.38. The highest BCUT2D eigenvalue weighted by atomic mass is 32.2. The molecule has 26 heavy (non-hydrogen) atoms. The quantitative estimate of drug-likeness (QED) is 0.861. The minimum absolute atomic E-state index is 0.0641. The smallest absolute Gasteiger partial charge is 0.265 e. The fourth-order valence-electron chi connectivity index (χ4n) is 2.70. The molecule has 0 radical (unpaired) electrons. The summed E-state index contributed by atoms with van der Waals surface area (Å²) in [6.07, 6.45) is -0.216. The van der Waals surface area contributed by atoms with Gasteiger partial charge in [-0.05, 0) is 29.8 Å². The van der Waals surface area contributed by atoms with Crippen molar-refractivity contribution in [3.8, 4) is 11.5 Å². The van der Waals surface area contributed by atoms with Crippen molar-refractivity contribution in [2.75, 3.05) is 26.5 Å². The second-order valence-electron chi connectivity index (χ2n) is 6.06. The van der Waals surface area contributed by atoms with E-state index in [1.165, 1.54) is 39.4 Å². The molecule has 7 nitrogen and oxygen atoms in total. The van der Waals surface area contributed by atoms with Gasteiger partial charge >= 0.3 is 0 Å². The molecule has 1 amide bonds. The first-order valence-electron chi connectivity index (χ1n) is 7.99. The maximum atomic E-state index is 12.6. The van der Waals surface area contributed by atoms with Crippen molar-refractivity contribution in [1.29, 1.82) is 0 Å². The van der Waals surface area contributed by atoms with E-state index in [9.17, 15) is 13.2 Å². The van der Waals surface area contributed by atoms with Crippen LogP contribution in [-0.4, -0.2) is 45.9 Å². The summed E-state index contributed by atoms with van der Waals surface area (Å²) in [6.45, 7) is 0. The monoisotopic (exact) mass is 376 g/mol. The van der Waals surface area contributed by atoms with Crippen LogP contribution in [0.15, 0.2) is 47.4 Å². The van der Waals surface area contributed by atoms with Crippen LogP contribution < -0.4 is 14.8 Å². The summed E-state index contributed by atoms with van der Waals surface area (Å²) in [5.41, 5.74) is 1.24. The molecular formula is C18H20N2O5S. The first-order chi connectivity index (χ1) is 12.3. The predicted octanol–water partition coefficient (Wildman–Crippen LogP) is 1.89. The molecule has 2 aromatic rings. The van der Waals surface area contributed by atoms with Gasteiger partial charge in [-0.1, -0.05) is 18.2 Å². The van der Waals surface area contributed by atoms with Crippen LogP contribution in [0.4, 0.5) is 5.69 Å².